The monoisotopic (exact) mass is 315 g/mol. The quantitative estimate of drug-likeness (QED) is 0.788. The number of hydrogen-bond acceptors (Lipinski definition) is 4. The van der Waals surface area contributed by atoms with Gasteiger partial charge in [0.25, 0.3) is 0 Å². The minimum absolute atomic E-state index is 0.0170. The summed E-state index contributed by atoms with van der Waals surface area (Å²) in [4.78, 5) is 23.5. The molecule has 2 aromatic carbocycles. The lowest BCUT2D eigenvalue weighted by atomic mass is 9.91. The summed E-state index contributed by atoms with van der Waals surface area (Å²) in [5.74, 6) is -1.53. The minimum Gasteiger partial charge on any atom is -0.508 e. The van der Waals surface area contributed by atoms with E-state index in [0.29, 0.717) is 0 Å². The zero-order valence-corrected chi connectivity index (χ0v) is 12.5. The lowest BCUT2D eigenvalue weighted by Gasteiger charge is -2.26. The van der Waals surface area contributed by atoms with Crippen molar-refractivity contribution in [3.63, 3.8) is 0 Å². The first kappa shape index (κ1) is 16.4. The van der Waals surface area contributed by atoms with Gasteiger partial charge in [0.2, 0.25) is 0 Å². The van der Waals surface area contributed by atoms with Crippen LogP contribution in [-0.4, -0.2) is 22.3 Å². The van der Waals surface area contributed by atoms with Crippen LogP contribution in [0.15, 0.2) is 54.6 Å². The molecular formula is C17H17NO5. The Morgan fingerprint density at radius 3 is 2.30 bits per heavy atom. The highest BCUT2D eigenvalue weighted by Crippen LogP contribution is 2.29. The summed E-state index contributed by atoms with van der Waals surface area (Å²) in [6, 6.07) is 14.9. The third kappa shape index (κ3) is 3.79. The molecular weight excluding hydrogens is 298 g/mol. The molecule has 0 aliphatic carbocycles. The molecule has 1 amide bonds. The van der Waals surface area contributed by atoms with Crippen LogP contribution in [0.3, 0.4) is 0 Å². The highest BCUT2D eigenvalue weighted by molar-refractivity contribution is 5.86. The van der Waals surface area contributed by atoms with E-state index in [0.717, 1.165) is 5.56 Å². The summed E-state index contributed by atoms with van der Waals surface area (Å²) in [7, 11) is 0. The van der Waals surface area contributed by atoms with E-state index in [1.54, 1.807) is 36.4 Å². The molecule has 0 spiro atoms. The maximum atomic E-state index is 11.9. The second kappa shape index (κ2) is 6.83. The van der Waals surface area contributed by atoms with Crippen molar-refractivity contribution in [1.82, 2.24) is 5.32 Å². The second-order valence-electron chi connectivity index (χ2n) is 5.13. The van der Waals surface area contributed by atoms with Crippen molar-refractivity contribution >= 4 is 12.1 Å². The Bertz CT molecular complexity index is 701. The number of rotatable bonds is 5. The number of nitrogens with one attached hydrogen (secondary N) is 1. The molecule has 0 fully saturated rings. The van der Waals surface area contributed by atoms with Crippen molar-refractivity contribution in [3.05, 3.63) is 65.7 Å². The molecule has 3 N–H and O–H groups in total. The van der Waals surface area contributed by atoms with Crippen LogP contribution in [0.5, 0.6) is 5.75 Å². The molecule has 0 saturated heterocycles. The van der Waals surface area contributed by atoms with Crippen molar-refractivity contribution in [1.29, 1.82) is 0 Å². The fourth-order valence-electron chi connectivity index (χ4n) is 2.10. The van der Waals surface area contributed by atoms with Gasteiger partial charge in [0.05, 0.1) is 0 Å². The maximum absolute atomic E-state index is 11.9. The number of carboxylic acid groups (broad SMARTS) is 1. The van der Waals surface area contributed by atoms with Crippen LogP contribution in [-0.2, 0) is 21.7 Å². The average molecular weight is 315 g/mol. The Labute approximate surface area is 133 Å². The number of carboxylic acids is 1. The number of para-hydroxylation sites is 1. The summed E-state index contributed by atoms with van der Waals surface area (Å²) in [5, 5.41) is 21.6. The largest absolute Gasteiger partial charge is 0.508 e. The summed E-state index contributed by atoms with van der Waals surface area (Å²) in [6.07, 6.45) is -0.887. The Morgan fingerprint density at radius 1 is 1.09 bits per heavy atom. The lowest BCUT2D eigenvalue weighted by Crippen LogP contribution is -2.49. The molecule has 6 heteroatoms. The van der Waals surface area contributed by atoms with Gasteiger partial charge in [0.15, 0.2) is 5.54 Å². The van der Waals surface area contributed by atoms with E-state index >= 15 is 0 Å². The predicted octanol–water partition coefficient (Wildman–Crippen LogP) is 2.62. The van der Waals surface area contributed by atoms with Gasteiger partial charge < -0.3 is 20.3 Å². The van der Waals surface area contributed by atoms with Crippen LogP contribution < -0.4 is 5.32 Å². The molecule has 0 radical (unpaired) electrons. The van der Waals surface area contributed by atoms with E-state index < -0.39 is 17.6 Å². The number of aromatic hydroxyl groups is 1. The number of hydrogen-bond donors (Lipinski definition) is 3. The van der Waals surface area contributed by atoms with Gasteiger partial charge in [0, 0.05) is 5.56 Å². The molecule has 0 aliphatic heterocycles. The molecule has 0 bridgehead atoms. The number of carbonyl (C=O) groups excluding carboxylic acids is 1. The first-order chi connectivity index (χ1) is 10.9. The molecule has 6 nitrogen and oxygen atoms in total. The van der Waals surface area contributed by atoms with E-state index in [1.807, 2.05) is 6.07 Å². The van der Waals surface area contributed by atoms with Crippen LogP contribution in [0.25, 0.3) is 0 Å². The highest BCUT2D eigenvalue weighted by atomic mass is 16.5. The first-order valence-corrected chi connectivity index (χ1v) is 6.94. The molecule has 0 saturated carbocycles. The number of ether oxygens (including phenoxy) is 1. The molecule has 120 valence electrons. The van der Waals surface area contributed by atoms with Gasteiger partial charge in [0.1, 0.15) is 12.4 Å². The summed E-state index contributed by atoms with van der Waals surface area (Å²) in [5.41, 5.74) is -0.953. The number of aliphatic carboxylic acids is 1. The van der Waals surface area contributed by atoms with Gasteiger partial charge in [-0.1, -0.05) is 48.5 Å². The molecule has 0 aromatic heterocycles. The summed E-state index contributed by atoms with van der Waals surface area (Å²) in [6.45, 7) is 1.30. The van der Waals surface area contributed by atoms with Gasteiger partial charge in [-0.05, 0) is 18.6 Å². The number of amides is 1. The Balaban J connectivity index is 2.12. The van der Waals surface area contributed by atoms with Crippen LogP contribution in [0.1, 0.15) is 18.1 Å². The topological polar surface area (TPSA) is 95.9 Å². The molecule has 2 aromatic rings. The molecule has 0 aliphatic rings. The Hall–Kier alpha value is -3.02. The van der Waals surface area contributed by atoms with Crippen molar-refractivity contribution in [2.24, 2.45) is 0 Å². The summed E-state index contributed by atoms with van der Waals surface area (Å²) < 4.78 is 5.04. The van der Waals surface area contributed by atoms with Gasteiger partial charge in [-0.2, -0.15) is 0 Å². The van der Waals surface area contributed by atoms with Crippen molar-refractivity contribution < 1.29 is 24.5 Å². The molecule has 1 unspecified atom stereocenters. The lowest BCUT2D eigenvalue weighted by molar-refractivity contribution is -0.144. The standard InChI is InChI=1S/C17H17NO5/c1-17(15(20)21,13-9-5-6-10-14(13)19)18-16(22)23-11-12-7-3-2-4-8-12/h2-10,19H,11H2,1H3,(H,18,22)(H,20,21). The van der Waals surface area contributed by atoms with Crippen molar-refractivity contribution in [3.8, 4) is 5.75 Å². The van der Waals surface area contributed by atoms with Gasteiger partial charge in [-0.15, -0.1) is 0 Å². The Kier molecular flexibility index (Phi) is 4.85. The van der Waals surface area contributed by atoms with Crippen LogP contribution in [0.4, 0.5) is 4.79 Å². The van der Waals surface area contributed by atoms with E-state index in [9.17, 15) is 19.8 Å². The number of carbonyl (C=O) groups is 2. The highest BCUT2D eigenvalue weighted by Gasteiger charge is 2.39. The maximum Gasteiger partial charge on any atom is 0.408 e. The normalized spacial score (nSPS) is 12.9. The van der Waals surface area contributed by atoms with Crippen LogP contribution in [0.2, 0.25) is 0 Å². The van der Waals surface area contributed by atoms with E-state index in [2.05, 4.69) is 5.32 Å². The summed E-state index contributed by atoms with van der Waals surface area (Å²) >= 11 is 0. The SMILES string of the molecule is CC(NC(=O)OCc1ccccc1)(C(=O)O)c1ccccc1O. The van der Waals surface area contributed by atoms with Crippen molar-refractivity contribution in [2.45, 2.75) is 19.1 Å². The van der Waals surface area contributed by atoms with E-state index in [1.165, 1.54) is 19.1 Å². The number of alkyl carbamates (subject to hydrolysis) is 1. The van der Waals surface area contributed by atoms with Gasteiger partial charge in [-0.25, -0.2) is 9.59 Å². The molecule has 23 heavy (non-hydrogen) atoms. The van der Waals surface area contributed by atoms with Gasteiger partial charge in [-0.3, -0.25) is 0 Å². The smallest absolute Gasteiger partial charge is 0.408 e. The zero-order chi connectivity index (χ0) is 16.9. The Morgan fingerprint density at radius 2 is 1.70 bits per heavy atom. The average Bonchev–Trinajstić information content (AvgIpc) is 2.54. The fourth-order valence-corrected chi connectivity index (χ4v) is 2.10. The first-order valence-electron chi connectivity index (χ1n) is 6.94. The molecule has 2 rings (SSSR count). The number of phenolic OH excluding ortho intramolecular Hbond substituents is 1. The van der Waals surface area contributed by atoms with E-state index in [4.69, 9.17) is 4.74 Å². The third-order valence-corrected chi connectivity index (χ3v) is 3.44. The van der Waals surface area contributed by atoms with Crippen molar-refractivity contribution in [2.75, 3.05) is 0 Å². The van der Waals surface area contributed by atoms with Gasteiger partial charge >= 0.3 is 12.1 Å². The fraction of sp³-hybridized carbons (Fsp3) is 0.176. The predicted molar refractivity (Wildman–Crippen MR) is 82.9 cm³/mol. The second-order valence-corrected chi connectivity index (χ2v) is 5.13. The number of phenols is 1. The molecule has 0 heterocycles. The third-order valence-electron chi connectivity index (χ3n) is 3.44. The number of benzene rings is 2. The molecule has 1 atom stereocenters. The van der Waals surface area contributed by atoms with E-state index in [-0.39, 0.29) is 17.9 Å². The van der Waals surface area contributed by atoms with Crippen LogP contribution in [0, 0.1) is 0 Å². The zero-order valence-electron chi connectivity index (χ0n) is 12.5. The minimum atomic E-state index is -1.81. The van der Waals surface area contributed by atoms with Crippen LogP contribution >= 0.6 is 0 Å².